The summed E-state index contributed by atoms with van der Waals surface area (Å²) in [6.45, 7) is 3.83. The van der Waals surface area contributed by atoms with Gasteiger partial charge in [-0.3, -0.25) is 10.1 Å². The molecule has 3 unspecified atom stereocenters. The van der Waals surface area contributed by atoms with E-state index in [1.54, 1.807) is 11.8 Å². The fourth-order valence-corrected chi connectivity index (χ4v) is 2.92. The van der Waals surface area contributed by atoms with E-state index in [2.05, 4.69) is 5.32 Å². The van der Waals surface area contributed by atoms with E-state index in [1.165, 1.54) is 12.1 Å². The Morgan fingerprint density at radius 3 is 2.60 bits per heavy atom. The minimum absolute atomic E-state index is 0.0270. The molecule has 2 fully saturated rings. The van der Waals surface area contributed by atoms with E-state index in [9.17, 15) is 13.6 Å². The summed E-state index contributed by atoms with van der Waals surface area (Å²) >= 11 is 0. The van der Waals surface area contributed by atoms with Crippen molar-refractivity contribution in [2.24, 2.45) is 5.92 Å². The minimum atomic E-state index is -0.879. The highest BCUT2D eigenvalue weighted by atomic mass is 19.2. The monoisotopic (exact) mass is 280 g/mol. The SMILES string of the molecule is CC1NC(c2ccc(F)c(F)c2)N(C(C)C2CC2)C1=O. The molecule has 3 nitrogen and oxygen atoms in total. The average molecular weight is 280 g/mol. The maximum absolute atomic E-state index is 13.4. The summed E-state index contributed by atoms with van der Waals surface area (Å²) < 4.78 is 26.5. The number of hydrogen-bond donors (Lipinski definition) is 1. The van der Waals surface area contributed by atoms with Crippen LogP contribution in [0.4, 0.5) is 8.78 Å². The highest BCUT2D eigenvalue weighted by Crippen LogP contribution is 2.39. The molecule has 3 rings (SSSR count). The van der Waals surface area contributed by atoms with E-state index < -0.39 is 11.6 Å². The molecule has 1 aromatic carbocycles. The third-order valence-corrected chi connectivity index (χ3v) is 4.31. The van der Waals surface area contributed by atoms with Crippen molar-refractivity contribution in [3.05, 3.63) is 35.4 Å². The molecular weight excluding hydrogens is 262 g/mol. The number of carbonyl (C=O) groups is 1. The highest BCUT2D eigenvalue weighted by Gasteiger charge is 2.44. The Hall–Kier alpha value is -1.49. The van der Waals surface area contributed by atoms with E-state index in [0.29, 0.717) is 11.5 Å². The van der Waals surface area contributed by atoms with Crippen molar-refractivity contribution in [2.45, 2.75) is 44.9 Å². The molecule has 5 heteroatoms. The summed E-state index contributed by atoms with van der Waals surface area (Å²) in [7, 11) is 0. The summed E-state index contributed by atoms with van der Waals surface area (Å²) in [5.74, 6) is -1.19. The second-order valence-corrected chi connectivity index (χ2v) is 5.79. The van der Waals surface area contributed by atoms with Crippen LogP contribution in [0.1, 0.15) is 38.4 Å². The summed E-state index contributed by atoms with van der Waals surface area (Å²) in [5, 5.41) is 3.17. The van der Waals surface area contributed by atoms with E-state index in [1.807, 2.05) is 6.92 Å². The van der Waals surface area contributed by atoms with Crippen molar-refractivity contribution in [1.82, 2.24) is 10.2 Å². The lowest BCUT2D eigenvalue weighted by Gasteiger charge is -2.30. The average Bonchev–Trinajstić information content (AvgIpc) is 3.21. The van der Waals surface area contributed by atoms with Crippen LogP contribution in [-0.4, -0.2) is 22.9 Å². The molecule has 1 amide bonds. The number of rotatable bonds is 3. The molecule has 3 atom stereocenters. The van der Waals surface area contributed by atoms with Crippen LogP contribution in [0.15, 0.2) is 18.2 Å². The first-order chi connectivity index (χ1) is 9.49. The summed E-state index contributed by atoms with van der Waals surface area (Å²) in [6, 6.07) is 3.64. The molecule has 20 heavy (non-hydrogen) atoms. The Bertz CT molecular complexity index is 545. The van der Waals surface area contributed by atoms with Crippen molar-refractivity contribution >= 4 is 5.91 Å². The summed E-state index contributed by atoms with van der Waals surface area (Å²) in [4.78, 5) is 14.1. The Morgan fingerprint density at radius 2 is 2.00 bits per heavy atom. The van der Waals surface area contributed by atoms with Gasteiger partial charge in [-0.25, -0.2) is 8.78 Å². The molecule has 1 aromatic rings. The van der Waals surface area contributed by atoms with Gasteiger partial charge in [-0.05, 0) is 50.3 Å². The van der Waals surface area contributed by atoms with E-state index in [4.69, 9.17) is 0 Å². The van der Waals surface area contributed by atoms with Gasteiger partial charge in [-0.1, -0.05) is 6.07 Å². The van der Waals surface area contributed by atoms with Gasteiger partial charge in [-0.15, -0.1) is 0 Å². The zero-order chi connectivity index (χ0) is 14.4. The van der Waals surface area contributed by atoms with Crippen molar-refractivity contribution in [3.63, 3.8) is 0 Å². The van der Waals surface area contributed by atoms with Gasteiger partial charge in [0.05, 0.1) is 6.04 Å². The van der Waals surface area contributed by atoms with Gasteiger partial charge in [0.2, 0.25) is 5.91 Å². The summed E-state index contributed by atoms with van der Waals surface area (Å²) in [5.41, 5.74) is 0.592. The normalized spacial score (nSPS) is 28.0. The second kappa shape index (κ2) is 4.81. The fourth-order valence-electron chi connectivity index (χ4n) is 2.92. The smallest absolute Gasteiger partial charge is 0.241 e. The van der Waals surface area contributed by atoms with Gasteiger partial charge in [-0.2, -0.15) is 0 Å². The fraction of sp³-hybridized carbons (Fsp3) is 0.533. The Balaban J connectivity index is 1.92. The van der Waals surface area contributed by atoms with Crippen LogP contribution < -0.4 is 5.32 Å². The molecule has 0 radical (unpaired) electrons. The molecule has 1 N–H and O–H groups in total. The van der Waals surface area contributed by atoms with Crippen LogP contribution >= 0.6 is 0 Å². The Kier molecular flexibility index (Phi) is 3.24. The van der Waals surface area contributed by atoms with Crippen LogP contribution in [-0.2, 0) is 4.79 Å². The van der Waals surface area contributed by atoms with Gasteiger partial charge in [0.1, 0.15) is 6.17 Å². The molecule has 108 valence electrons. The highest BCUT2D eigenvalue weighted by molar-refractivity contribution is 5.84. The van der Waals surface area contributed by atoms with Crippen molar-refractivity contribution < 1.29 is 13.6 Å². The molecule has 1 aliphatic carbocycles. The van der Waals surface area contributed by atoms with Gasteiger partial charge in [0.15, 0.2) is 11.6 Å². The van der Waals surface area contributed by atoms with Crippen molar-refractivity contribution in [3.8, 4) is 0 Å². The number of amides is 1. The molecule has 1 saturated heterocycles. The second-order valence-electron chi connectivity index (χ2n) is 5.79. The molecular formula is C15H18F2N2O. The lowest BCUT2D eigenvalue weighted by atomic mass is 10.1. The predicted molar refractivity (Wildman–Crippen MR) is 70.7 cm³/mol. The van der Waals surface area contributed by atoms with Crippen LogP contribution in [0, 0.1) is 17.6 Å². The van der Waals surface area contributed by atoms with Crippen LogP contribution in [0.2, 0.25) is 0 Å². The zero-order valence-corrected chi connectivity index (χ0v) is 11.6. The molecule has 1 saturated carbocycles. The molecule has 1 heterocycles. The lowest BCUT2D eigenvalue weighted by Crippen LogP contribution is -2.39. The maximum Gasteiger partial charge on any atom is 0.241 e. The largest absolute Gasteiger partial charge is 0.319 e. The van der Waals surface area contributed by atoms with Crippen molar-refractivity contribution in [2.75, 3.05) is 0 Å². The maximum atomic E-state index is 13.4. The number of hydrogen-bond acceptors (Lipinski definition) is 2. The summed E-state index contributed by atoms with van der Waals surface area (Å²) in [6.07, 6.45) is 1.89. The molecule has 0 aromatic heterocycles. The lowest BCUT2D eigenvalue weighted by molar-refractivity contribution is -0.132. The van der Waals surface area contributed by atoms with Crippen LogP contribution in [0.25, 0.3) is 0 Å². The number of nitrogens with one attached hydrogen (secondary N) is 1. The molecule has 1 aliphatic heterocycles. The van der Waals surface area contributed by atoms with Gasteiger partial charge in [0, 0.05) is 6.04 Å². The third-order valence-electron chi connectivity index (χ3n) is 4.31. The van der Waals surface area contributed by atoms with Crippen molar-refractivity contribution in [1.29, 1.82) is 0 Å². The van der Waals surface area contributed by atoms with Gasteiger partial charge >= 0.3 is 0 Å². The van der Waals surface area contributed by atoms with E-state index >= 15 is 0 Å². The first-order valence-electron chi connectivity index (χ1n) is 7.02. The standard InChI is InChI=1S/C15H18F2N2O/c1-8-15(20)19(9(2)10-3-4-10)14(18-8)11-5-6-12(16)13(17)7-11/h5-10,14,18H,3-4H2,1-2H3. The van der Waals surface area contributed by atoms with Crippen LogP contribution in [0.3, 0.4) is 0 Å². The minimum Gasteiger partial charge on any atom is -0.319 e. The van der Waals surface area contributed by atoms with E-state index in [-0.39, 0.29) is 24.2 Å². The van der Waals surface area contributed by atoms with Crippen LogP contribution in [0.5, 0.6) is 0 Å². The van der Waals surface area contributed by atoms with Gasteiger partial charge in [0.25, 0.3) is 0 Å². The predicted octanol–water partition coefficient (Wildman–Crippen LogP) is 2.58. The molecule has 0 bridgehead atoms. The number of benzene rings is 1. The molecule has 2 aliphatic rings. The number of halogens is 2. The van der Waals surface area contributed by atoms with Gasteiger partial charge < -0.3 is 4.90 Å². The zero-order valence-electron chi connectivity index (χ0n) is 11.6. The topological polar surface area (TPSA) is 32.3 Å². The first-order valence-corrected chi connectivity index (χ1v) is 7.02. The number of carbonyl (C=O) groups excluding carboxylic acids is 1. The molecule has 0 spiro atoms. The third kappa shape index (κ3) is 2.20. The van der Waals surface area contributed by atoms with E-state index in [0.717, 1.165) is 18.9 Å². The number of nitrogens with zero attached hydrogens (tertiary/aromatic N) is 1. The Morgan fingerprint density at radius 1 is 1.30 bits per heavy atom. The first kappa shape index (κ1) is 13.5. The Labute approximate surface area is 117 Å². The quantitative estimate of drug-likeness (QED) is 0.923.